The van der Waals surface area contributed by atoms with Crippen LogP contribution < -0.4 is 15.4 Å². The number of rotatable bonds is 10. The van der Waals surface area contributed by atoms with Gasteiger partial charge >= 0.3 is 5.97 Å². The fraction of sp³-hybridized carbons (Fsp3) is 0.625. The standard InChI is InChI=1S/C24H34N2O5/c1-17(27)30-16-14-18-8-10-19(11-9-18)25-23(28)7-2-3-15-31-22-6-4-5-21-20(22)12-13-24(29)26-21/h4-6,18-19H,2-3,7-16H2,1H3,(H,25,28)(H,26,29). The van der Waals surface area contributed by atoms with E-state index in [1.165, 1.54) is 6.92 Å². The van der Waals surface area contributed by atoms with Crippen molar-refractivity contribution in [2.45, 2.75) is 77.2 Å². The predicted molar refractivity (Wildman–Crippen MR) is 118 cm³/mol. The number of nitrogens with one attached hydrogen (secondary N) is 2. The van der Waals surface area contributed by atoms with E-state index in [0.29, 0.717) is 38.4 Å². The van der Waals surface area contributed by atoms with Crippen molar-refractivity contribution in [3.8, 4) is 5.75 Å². The van der Waals surface area contributed by atoms with E-state index in [9.17, 15) is 14.4 Å². The molecule has 0 unspecified atom stereocenters. The molecule has 170 valence electrons. The normalized spacial score (nSPS) is 20.4. The Morgan fingerprint density at radius 3 is 2.68 bits per heavy atom. The highest BCUT2D eigenvalue weighted by atomic mass is 16.5. The summed E-state index contributed by atoms with van der Waals surface area (Å²) in [5.74, 6) is 1.35. The van der Waals surface area contributed by atoms with Crippen LogP contribution in [-0.2, 0) is 25.5 Å². The predicted octanol–water partition coefficient (Wildman–Crippen LogP) is 3.75. The van der Waals surface area contributed by atoms with Gasteiger partial charge in [-0.25, -0.2) is 0 Å². The molecular weight excluding hydrogens is 396 g/mol. The van der Waals surface area contributed by atoms with E-state index in [2.05, 4.69) is 10.6 Å². The molecular formula is C24H34N2O5. The molecule has 31 heavy (non-hydrogen) atoms. The summed E-state index contributed by atoms with van der Waals surface area (Å²) >= 11 is 0. The van der Waals surface area contributed by atoms with E-state index >= 15 is 0 Å². The summed E-state index contributed by atoms with van der Waals surface area (Å²) in [5, 5.41) is 6.04. The van der Waals surface area contributed by atoms with Crippen molar-refractivity contribution in [1.82, 2.24) is 5.32 Å². The van der Waals surface area contributed by atoms with E-state index in [1.54, 1.807) is 0 Å². The van der Waals surface area contributed by atoms with Crippen LogP contribution in [0.3, 0.4) is 0 Å². The first kappa shape index (κ1) is 23.1. The van der Waals surface area contributed by atoms with E-state index in [0.717, 1.165) is 61.9 Å². The number of fused-ring (bicyclic) bond motifs is 1. The first-order valence-corrected chi connectivity index (χ1v) is 11.5. The molecule has 7 heteroatoms. The first-order valence-electron chi connectivity index (χ1n) is 11.5. The second kappa shape index (κ2) is 11.7. The van der Waals surface area contributed by atoms with Crippen LogP contribution in [0, 0.1) is 5.92 Å². The number of unbranched alkanes of at least 4 members (excludes halogenated alkanes) is 1. The Bertz CT molecular complexity index is 771. The Balaban J connectivity index is 1.27. The molecule has 1 fully saturated rings. The Hall–Kier alpha value is -2.57. The fourth-order valence-electron chi connectivity index (χ4n) is 4.36. The summed E-state index contributed by atoms with van der Waals surface area (Å²) < 4.78 is 10.9. The number of carbonyl (C=O) groups is 3. The molecule has 0 bridgehead atoms. The van der Waals surface area contributed by atoms with Crippen LogP contribution in [0.1, 0.15) is 70.3 Å². The lowest BCUT2D eigenvalue weighted by Crippen LogP contribution is -2.37. The van der Waals surface area contributed by atoms with Crippen molar-refractivity contribution in [3.05, 3.63) is 23.8 Å². The van der Waals surface area contributed by atoms with Gasteiger partial charge in [0.15, 0.2) is 0 Å². The summed E-state index contributed by atoms with van der Waals surface area (Å²) in [4.78, 5) is 34.6. The number of benzene rings is 1. The Labute approximate surface area is 184 Å². The molecule has 1 saturated carbocycles. The maximum atomic E-state index is 12.2. The van der Waals surface area contributed by atoms with Gasteiger partial charge in [-0.3, -0.25) is 14.4 Å². The first-order chi connectivity index (χ1) is 15.0. The molecule has 1 aromatic carbocycles. The van der Waals surface area contributed by atoms with Gasteiger partial charge in [-0.15, -0.1) is 0 Å². The van der Waals surface area contributed by atoms with Crippen molar-refractivity contribution in [2.75, 3.05) is 18.5 Å². The van der Waals surface area contributed by atoms with Crippen molar-refractivity contribution < 1.29 is 23.9 Å². The van der Waals surface area contributed by atoms with Crippen LogP contribution in [0.15, 0.2) is 18.2 Å². The molecule has 3 rings (SSSR count). The molecule has 2 N–H and O–H groups in total. The second-order valence-corrected chi connectivity index (χ2v) is 8.55. The van der Waals surface area contributed by atoms with Gasteiger partial charge in [-0.1, -0.05) is 6.07 Å². The van der Waals surface area contributed by atoms with Crippen molar-refractivity contribution in [1.29, 1.82) is 0 Å². The zero-order chi connectivity index (χ0) is 22.1. The molecule has 0 atom stereocenters. The molecule has 1 heterocycles. The Morgan fingerprint density at radius 1 is 1.10 bits per heavy atom. The molecule has 0 saturated heterocycles. The van der Waals surface area contributed by atoms with E-state index in [-0.39, 0.29) is 23.8 Å². The average Bonchev–Trinajstić information content (AvgIpc) is 2.74. The molecule has 1 aromatic rings. The van der Waals surface area contributed by atoms with Crippen LogP contribution in [0.4, 0.5) is 5.69 Å². The van der Waals surface area contributed by atoms with Gasteiger partial charge in [0, 0.05) is 37.1 Å². The molecule has 7 nitrogen and oxygen atoms in total. The van der Waals surface area contributed by atoms with Crippen LogP contribution in [-0.4, -0.2) is 37.0 Å². The quantitative estimate of drug-likeness (QED) is 0.436. The highest BCUT2D eigenvalue weighted by Crippen LogP contribution is 2.31. The molecule has 0 spiro atoms. The SMILES string of the molecule is CC(=O)OCCC1CCC(NC(=O)CCCCOc2cccc3c2CCC(=O)N3)CC1. The lowest BCUT2D eigenvalue weighted by molar-refractivity contribution is -0.141. The minimum absolute atomic E-state index is 0.0474. The average molecular weight is 431 g/mol. The van der Waals surface area contributed by atoms with Gasteiger partial charge in [-0.05, 0) is 69.4 Å². The van der Waals surface area contributed by atoms with Crippen molar-refractivity contribution >= 4 is 23.5 Å². The van der Waals surface area contributed by atoms with E-state index in [1.807, 2.05) is 18.2 Å². The molecule has 2 aliphatic rings. The number of anilines is 1. The van der Waals surface area contributed by atoms with Gasteiger partial charge in [-0.2, -0.15) is 0 Å². The molecule has 2 amide bonds. The third kappa shape index (κ3) is 7.56. The van der Waals surface area contributed by atoms with Crippen molar-refractivity contribution in [2.24, 2.45) is 5.92 Å². The summed E-state index contributed by atoms with van der Waals surface area (Å²) in [6.07, 6.45) is 8.35. The van der Waals surface area contributed by atoms with Crippen LogP contribution in [0.2, 0.25) is 0 Å². The maximum Gasteiger partial charge on any atom is 0.302 e. The van der Waals surface area contributed by atoms with Gasteiger partial charge in [0.05, 0.1) is 13.2 Å². The summed E-state index contributed by atoms with van der Waals surface area (Å²) in [6.45, 7) is 2.50. The lowest BCUT2D eigenvalue weighted by Gasteiger charge is -2.29. The Morgan fingerprint density at radius 2 is 1.90 bits per heavy atom. The number of ether oxygens (including phenoxy) is 2. The zero-order valence-corrected chi connectivity index (χ0v) is 18.4. The number of carbonyl (C=O) groups excluding carboxylic acids is 3. The molecule has 1 aliphatic carbocycles. The highest BCUT2D eigenvalue weighted by molar-refractivity contribution is 5.94. The Kier molecular flexibility index (Phi) is 8.74. The van der Waals surface area contributed by atoms with Crippen LogP contribution >= 0.6 is 0 Å². The van der Waals surface area contributed by atoms with Gasteiger partial charge in [0.25, 0.3) is 0 Å². The lowest BCUT2D eigenvalue weighted by atomic mass is 9.84. The molecule has 0 aromatic heterocycles. The monoisotopic (exact) mass is 430 g/mol. The summed E-state index contributed by atoms with van der Waals surface area (Å²) in [6, 6.07) is 5.99. The number of hydrogen-bond donors (Lipinski definition) is 2. The smallest absolute Gasteiger partial charge is 0.302 e. The van der Waals surface area contributed by atoms with Gasteiger partial charge in [0.1, 0.15) is 5.75 Å². The van der Waals surface area contributed by atoms with Crippen LogP contribution in [0.5, 0.6) is 5.75 Å². The number of hydrogen-bond acceptors (Lipinski definition) is 5. The van der Waals surface area contributed by atoms with Crippen LogP contribution in [0.25, 0.3) is 0 Å². The topological polar surface area (TPSA) is 93.7 Å². The minimum atomic E-state index is -0.219. The van der Waals surface area contributed by atoms with E-state index in [4.69, 9.17) is 9.47 Å². The number of amides is 2. The third-order valence-electron chi connectivity index (χ3n) is 6.11. The maximum absolute atomic E-state index is 12.2. The molecule has 0 radical (unpaired) electrons. The van der Waals surface area contributed by atoms with E-state index < -0.39 is 0 Å². The fourth-order valence-corrected chi connectivity index (χ4v) is 4.36. The summed E-state index contributed by atoms with van der Waals surface area (Å²) in [7, 11) is 0. The number of esters is 1. The molecule has 1 aliphatic heterocycles. The van der Waals surface area contributed by atoms with Gasteiger partial charge < -0.3 is 20.1 Å². The highest BCUT2D eigenvalue weighted by Gasteiger charge is 2.22. The van der Waals surface area contributed by atoms with Gasteiger partial charge in [0.2, 0.25) is 11.8 Å². The zero-order valence-electron chi connectivity index (χ0n) is 18.4. The largest absolute Gasteiger partial charge is 0.493 e. The summed E-state index contributed by atoms with van der Waals surface area (Å²) in [5.41, 5.74) is 1.90. The van der Waals surface area contributed by atoms with Crippen molar-refractivity contribution in [3.63, 3.8) is 0 Å². The second-order valence-electron chi connectivity index (χ2n) is 8.55. The minimum Gasteiger partial charge on any atom is -0.493 e. The third-order valence-corrected chi connectivity index (χ3v) is 6.11.